The van der Waals surface area contributed by atoms with Crippen LogP contribution in [0, 0.1) is 13.8 Å². The van der Waals surface area contributed by atoms with E-state index in [1.807, 2.05) is 12.1 Å². The fourth-order valence-corrected chi connectivity index (χ4v) is 2.37. The summed E-state index contributed by atoms with van der Waals surface area (Å²) < 4.78 is 2.68. The molecule has 0 saturated carbocycles. The van der Waals surface area contributed by atoms with Gasteiger partial charge in [-0.1, -0.05) is 6.07 Å². The van der Waals surface area contributed by atoms with Gasteiger partial charge in [0.05, 0.1) is 11.1 Å². The quantitative estimate of drug-likeness (QED) is 0.748. The number of anilines is 1. The molecule has 0 atom stereocenters. The number of nitrogens with two attached hydrogens (primary N) is 1. The Morgan fingerprint density at radius 2 is 1.95 bits per heavy atom. The molecule has 19 heavy (non-hydrogen) atoms. The molecule has 2 heterocycles. The molecule has 0 saturated heterocycles. The maximum absolute atomic E-state index is 5.96. The average molecular weight is 317 g/mol. The minimum atomic E-state index is 0.488. The lowest BCUT2D eigenvalue weighted by Gasteiger charge is -2.06. The molecule has 3 aromatic rings. The number of benzene rings is 1. The fourth-order valence-electron chi connectivity index (χ4n) is 2.04. The van der Waals surface area contributed by atoms with Crippen molar-refractivity contribution in [2.75, 3.05) is 5.73 Å². The summed E-state index contributed by atoms with van der Waals surface area (Å²) in [6.45, 7) is 4.17. The lowest BCUT2D eigenvalue weighted by atomic mass is 10.1. The van der Waals surface area contributed by atoms with Gasteiger partial charge in [0.2, 0.25) is 0 Å². The highest BCUT2D eigenvalue weighted by atomic mass is 79.9. The van der Waals surface area contributed by atoms with Crippen molar-refractivity contribution in [3.05, 3.63) is 46.1 Å². The van der Waals surface area contributed by atoms with E-state index in [0.29, 0.717) is 5.82 Å². The van der Waals surface area contributed by atoms with E-state index in [2.05, 4.69) is 52.0 Å². The first kappa shape index (κ1) is 12.2. The van der Waals surface area contributed by atoms with Crippen molar-refractivity contribution in [2.24, 2.45) is 0 Å². The Labute approximate surface area is 119 Å². The molecule has 2 N–H and O–H groups in total. The van der Waals surface area contributed by atoms with E-state index in [1.165, 1.54) is 11.1 Å². The predicted molar refractivity (Wildman–Crippen MR) is 80.5 cm³/mol. The van der Waals surface area contributed by atoms with Gasteiger partial charge in [-0.25, -0.2) is 9.67 Å². The van der Waals surface area contributed by atoms with Crippen molar-refractivity contribution < 1.29 is 0 Å². The number of hydrogen-bond acceptors (Lipinski definition) is 3. The second-order valence-electron chi connectivity index (χ2n) is 4.59. The largest absolute Gasteiger partial charge is 0.382 e. The van der Waals surface area contributed by atoms with E-state index in [0.717, 1.165) is 21.2 Å². The third-order valence-electron chi connectivity index (χ3n) is 3.25. The van der Waals surface area contributed by atoms with Gasteiger partial charge in [0.25, 0.3) is 0 Å². The molecular formula is C14H13BrN4. The highest BCUT2D eigenvalue weighted by Crippen LogP contribution is 2.25. The van der Waals surface area contributed by atoms with Gasteiger partial charge >= 0.3 is 0 Å². The number of hydrogen-bond donors (Lipinski definition) is 1. The molecule has 0 bridgehead atoms. The molecule has 4 nitrogen and oxygen atoms in total. The summed E-state index contributed by atoms with van der Waals surface area (Å²) in [6.07, 6.45) is 1.75. The van der Waals surface area contributed by atoms with E-state index in [1.54, 1.807) is 10.9 Å². The zero-order valence-corrected chi connectivity index (χ0v) is 12.3. The molecule has 0 fully saturated rings. The topological polar surface area (TPSA) is 56.7 Å². The lowest BCUT2D eigenvalue weighted by Crippen LogP contribution is -1.99. The van der Waals surface area contributed by atoms with Crippen molar-refractivity contribution in [3.8, 4) is 5.69 Å². The van der Waals surface area contributed by atoms with Gasteiger partial charge in [-0.15, -0.1) is 5.10 Å². The first-order valence-electron chi connectivity index (χ1n) is 5.93. The standard InChI is InChI=1S/C14H13BrN4/c1-8-3-4-11(5-9(8)2)19-14-12(13(16)18-19)6-10(15)7-17-14/h3-7H,1-2H3,(H2,16,18). The van der Waals surface area contributed by atoms with Crippen LogP contribution in [0.1, 0.15) is 11.1 Å². The van der Waals surface area contributed by atoms with Gasteiger partial charge in [-0.05, 0) is 59.1 Å². The monoisotopic (exact) mass is 316 g/mol. The number of halogens is 1. The molecule has 0 aliphatic rings. The number of nitrogen functional groups attached to an aromatic ring is 1. The summed E-state index contributed by atoms with van der Waals surface area (Å²) in [4.78, 5) is 4.40. The van der Waals surface area contributed by atoms with Crippen LogP contribution in [-0.4, -0.2) is 14.8 Å². The Balaban J connectivity index is 2.28. The van der Waals surface area contributed by atoms with Crippen molar-refractivity contribution >= 4 is 32.8 Å². The molecule has 3 rings (SSSR count). The van der Waals surface area contributed by atoms with Crippen LogP contribution in [0.3, 0.4) is 0 Å². The number of pyridine rings is 1. The van der Waals surface area contributed by atoms with Crippen molar-refractivity contribution in [3.63, 3.8) is 0 Å². The highest BCUT2D eigenvalue weighted by molar-refractivity contribution is 9.10. The number of fused-ring (bicyclic) bond motifs is 1. The predicted octanol–water partition coefficient (Wildman–Crippen LogP) is 3.38. The Kier molecular flexibility index (Phi) is 2.78. The molecule has 0 radical (unpaired) electrons. The molecular weight excluding hydrogens is 304 g/mol. The summed E-state index contributed by atoms with van der Waals surface area (Å²) in [5.74, 6) is 0.488. The smallest absolute Gasteiger partial charge is 0.165 e. The molecule has 0 unspecified atom stereocenters. The maximum Gasteiger partial charge on any atom is 0.165 e. The first-order valence-corrected chi connectivity index (χ1v) is 6.73. The van der Waals surface area contributed by atoms with Crippen LogP contribution in [0.4, 0.5) is 5.82 Å². The average Bonchev–Trinajstić information content (AvgIpc) is 2.70. The zero-order valence-electron chi connectivity index (χ0n) is 10.7. The fraction of sp³-hybridized carbons (Fsp3) is 0.143. The van der Waals surface area contributed by atoms with Gasteiger partial charge in [0.15, 0.2) is 11.5 Å². The van der Waals surface area contributed by atoms with Crippen LogP contribution < -0.4 is 5.73 Å². The van der Waals surface area contributed by atoms with Crippen LogP contribution in [0.2, 0.25) is 0 Å². The third-order valence-corrected chi connectivity index (χ3v) is 3.69. The molecule has 2 aromatic heterocycles. The highest BCUT2D eigenvalue weighted by Gasteiger charge is 2.11. The molecule has 1 aromatic carbocycles. The minimum Gasteiger partial charge on any atom is -0.382 e. The maximum atomic E-state index is 5.96. The third kappa shape index (κ3) is 2.00. The molecule has 0 aliphatic heterocycles. The van der Waals surface area contributed by atoms with Crippen LogP contribution in [0.5, 0.6) is 0 Å². The second-order valence-corrected chi connectivity index (χ2v) is 5.51. The summed E-state index contributed by atoms with van der Waals surface area (Å²) in [5, 5.41) is 5.24. The number of aromatic nitrogens is 3. The Morgan fingerprint density at radius 1 is 1.16 bits per heavy atom. The van der Waals surface area contributed by atoms with Crippen LogP contribution in [0.15, 0.2) is 34.9 Å². The van der Waals surface area contributed by atoms with Crippen molar-refractivity contribution in [1.82, 2.24) is 14.8 Å². The molecule has 0 spiro atoms. The zero-order chi connectivity index (χ0) is 13.6. The lowest BCUT2D eigenvalue weighted by molar-refractivity contribution is 0.900. The van der Waals surface area contributed by atoms with Crippen LogP contribution >= 0.6 is 15.9 Å². The summed E-state index contributed by atoms with van der Waals surface area (Å²) in [5.41, 5.74) is 10.2. The van der Waals surface area contributed by atoms with E-state index in [4.69, 9.17) is 5.73 Å². The van der Waals surface area contributed by atoms with Gasteiger partial charge in [-0.3, -0.25) is 0 Å². The Morgan fingerprint density at radius 3 is 2.68 bits per heavy atom. The minimum absolute atomic E-state index is 0.488. The summed E-state index contributed by atoms with van der Waals surface area (Å²) in [7, 11) is 0. The van der Waals surface area contributed by atoms with Crippen molar-refractivity contribution in [2.45, 2.75) is 13.8 Å². The Bertz CT molecular complexity index is 776. The van der Waals surface area contributed by atoms with E-state index < -0.39 is 0 Å². The number of rotatable bonds is 1. The number of nitrogens with zero attached hydrogens (tertiary/aromatic N) is 3. The second kappa shape index (κ2) is 4.35. The van der Waals surface area contributed by atoms with E-state index in [9.17, 15) is 0 Å². The molecule has 5 heteroatoms. The van der Waals surface area contributed by atoms with Crippen LogP contribution in [0.25, 0.3) is 16.7 Å². The summed E-state index contributed by atoms with van der Waals surface area (Å²) >= 11 is 3.40. The van der Waals surface area contributed by atoms with Crippen molar-refractivity contribution in [1.29, 1.82) is 0 Å². The Hall–Kier alpha value is -1.88. The van der Waals surface area contributed by atoms with E-state index >= 15 is 0 Å². The number of aryl methyl sites for hydroxylation is 2. The summed E-state index contributed by atoms with van der Waals surface area (Å²) in [6, 6.07) is 8.12. The normalized spacial score (nSPS) is 11.1. The van der Waals surface area contributed by atoms with Gasteiger partial charge in [0.1, 0.15) is 0 Å². The van der Waals surface area contributed by atoms with Gasteiger partial charge < -0.3 is 5.73 Å². The van der Waals surface area contributed by atoms with Gasteiger partial charge in [-0.2, -0.15) is 0 Å². The van der Waals surface area contributed by atoms with Gasteiger partial charge in [0, 0.05) is 10.7 Å². The molecule has 96 valence electrons. The molecule has 0 aliphatic carbocycles. The first-order chi connectivity index (χ1) is 9.06. The van der Waals surface area contributed by atoms with Crippen LogP contribution in [-0.2, 0) is 0 Å². The SMILES string of the molecule is Cc1ccc(-n2nc(N)c3cc(Br)cnc32)cc1C. The van der Waals surface area contributed by atoms with E-state index in [-0.39, 0.29) is 0 Å². The molecule has 0 amide bonds.